The molecule has 0 saturated heterocycles. The van der Waals surface area contributed by atoms with Crippen LogP contribution >= 0.6 is 15.9 Å². The number of hydrogen-bond donors (Lipinski definition) is 1. The van der Waals surface area contributed by atoms with Crippen molar-refractivity contribution in [3.05, 3.63) is 54.1 Å². The largest absolute Gasteiger partial charge is 0.480 e. The van der Waals surface area contributed by atoms with E-state index in [9.17, 15) is 4.79 Å². The number of hydrogen-bond acceptors (Lipinski definition) is 1. The van der Waals surface area contributed by atoms with E-state index in [4.69, 9.17) is 5.11 Å². The Hall–Kier alpha value is -1.35. The molecule has 82 valence electrons. The second-order valence-corrected chi connectivity index (χ2v) is 5.15. The van der Waals surface area contributed by atoms with E-state index in [2.05, 4.69) is 15.9 Å². The van der Waals surface area contributed by atoms with Gasteiger partial charge in [0.1, 0.15) is 4.32 Å². The summed E-state index contributed by atoms with van der Waals surface area (Å²) in [4.78, 5) is 11.0. The van der Waals surface area contributed by atoms with Gasteiger partial charge in [0, 0.05) is 0 Å². The minimum Gasteiger partial charge on any atom is -0.480 e. The second-order valence-electron chi connectivity index (χ2n) is 3.73. The van der Waals surface area contributed by atoms with Crippen LogP contribution in [-0.4, -0.2) is 15.4 Å². The first-order valence-electron chi connectivity index (χ1n) is 4.99. The molecule has 0 bridgehead atoms. The summed E-state index contributed by atoms with van der Waals surface area (Å²) in [5.41, 5.74) is 2.18. The van der Waals surface area contributed by atoms with Crippen LogP contribution in [0.5, 0.6) is 0 Å². The molecule has 1 aliphatic carbocycles. The molecule has 1 aromatic rings. The zero-order valence-corrected chi connectivity index (χ0v) is 10.1. The van der Waals surface area contributed by atoms with Gasteiger partial charge in [0.25, 0.3) is 0 Å². The van der Waals surface area contributed by atoms with E-state index in [1.165, 1.54) is 0 Å². The molecule has 0 radical (unpaired) electrons. The van der Waals surface area contributed by atoms with Gasteiger partial charge >= 0.3 is 5.97 Å². The summed E-state index contributed by atoms with van der Waals surface area (Å²) in [6.45, 7) is 0. The summed E-state index contributed by atoms with van der Waals surface area (Å²) in [6, 6.07) is 9.92. The molecule has 1 aromatic carbocycles. The minimum atomic E-state index is -0.939. The molecule has 1 aliphatic rings. The predicted octanol–water partition coefficient (Wildman–Crippen LogP) is 3.25. The number of carboxylic acids is 1. The molecule has 0 saturated carbocycles. The van der Waals surface area contributed by atoms with Crippen molar-refractivity contribution in [2.24, 2.45) is 0 Å². The number of carbonyl (C=O) groups is 1. The molecule has 3 heteroatoms. The lowest BCUT2D eigenvalue weighted by molar-refractivity contribution is -0.138. The van der Waals surface area contributed by atoms with Gasteiger partial charge in [-0.25, -0.2) is 0 Å². The highest BCUT2D eigenvalue weighted by molar-refractivity contribution is 9.10. The van der Waals surface area contributed by atoms with Crippen molar-refractivity contribution >= 4 is 27.5 Å². The van der Waals surface area contributed by atoms with Crippen LogP contribution in [0.2, 0.25) is 0 Å². The number of aliphatic carboxylic acids is 1. The molecular formula is C13H11BrO2. The van der Waals surface area contributed by atoms with E-state index in [0.29, 0.717) is 6.42 Å². The van der Waals surface area contributed by atoms with E-state index in [1.807, 2.05) is 42.5 Å². The third-order valence-corrected chi connectivity index (χ3v) is 3.54. The number of carboxylic acid groups (broad SMARTS) is 1. The Bertz CT molecular complexity index is 462. The van der Waals surface area contributed by atoms with Gasteiger partial charge in [-0.3, -0.25) is 4.79 Å². The molecule has 0 amide bonds. The van der Waals surface area contributed by atoms with Crippen LogP contribution in [-0.2, 0) is 4.79 Å². The Labute approximate surface area is 102 Å². The molecule has 2 nitrogen and oxygen atoms in total. The van der Waals surface area contributed by atoms with Crippen molar-refractivity contribution in [3.63, 3.8) is 0 Å². The molecule has 0 spiro atoms. The van der Waals surface area contributed by atoms with Gasteiger partial charge in [-0.1, -0.05) is 64.5 Å². The van der Waals surface area contributed by atoms with Crippen molar-refractivity contribution in [1.82, 2.24) is 0 Å². The number of benzene rings is 1. The van der Waals surface area contributed by atoms with Crippen LogP contribution in [0.15, 0.2) is 48.6 Å². The lowest BCUT2D eigenvalue weighted by Crippen LogP contribution is -2.29. The van der Waals surface area contributed by atoms with E-state index in [0.717, 1.165) is 11.1 Å². The highest BCUT2D eigenvalue weighted by Crippen LogP contribution is 2.33. The van der Waals surface area contributed by atoms with Crippen LogP contribution < -0.4 is 0 Å². The maximum absolute atomic E-state index is 11.0. The van der Waals surface area contributed by atoms with Crippen LogP contribution in [0.3, 0.4) is 0 Å². The van der Waals surface area contributed by atoms with Crippen LogP contribution in [0.25, 0.3) is 5.57 Å². The first-order valence-corrected chi connectivity index (χ1v) is 5.78. The van der Waals surface area contributed by atoms with Gasteiger partial charge in [-0.2, -0.15) is 0 Å². The first-order chi connectivity index (χ1) is 7.62. The van der Waals surface area contributed by atoms with E-state index < -0.39 is 10.3 Å². The van der Waals surface area contributed by atoms with Crippen LogP contribution in [0.1, 0.15) is 12.0 Å². The summed E-state index contributed by atoms with van der Waals surface area (Å²) < 4.78 is -0.939. The number of allylic oxidation sites excluding steroid dienone is 3. The maximum Gasteiger partial charge on any atom is 0.324 e. The fraction of sp³-hybridized carbons (Fsp3) is 0.154. The summed E-state index contributed by atoms with van der Waals surface area (Å²) in [5, 5.41) is 9.03. The molecule has 0 aliphatic heterocycles. The maximum atomic E-state index is 11.0. The summed E-state index contributed by atoms with van der Waals surface area (Å²) in [5.74, 6) is -0.855. The fourth-order valence-corrected chi connectivity index (χ4v) is 1.91. The van der Waals surface area contributed by atoms with Crippen LogP contribution in [0, 0.1) is 0 Å². The highest BCUT2D eigenvalue weighted by atomic mass is 79.9. The van der Waals surface area contributed by atoms with Gasteiger partial charge in [0.15, 0.2) is 0 Å². The number of rotatable bonds is 2. The highest BCUT2D eigenvalue weighted by Gasteiger charge is 2.33. The van der Waals surface area contributed by atoms with Crippen molar-refractivity contribution < 1.29 is 9.90 Å². The van der Waals surface area contributed by atoms with Gasteiger partial charge < -0.3 is 5.11 Å². The fourth-order valence-electron chi connectivity index (χ4n) is 1.62. The Morgan fingerprint density at radius 1 is 1.31 bits per heavy atom. The quantitative estimate of drug-likeness (QED) is 0.844. The molecule has 1 unspecified atom stereocenters. The molecule has 16 heavy (non-hydrogen) atoms. The van der Waals surface area contributed by atoms with Crippen molar-refractivity contribution in [3.8, 4) is 0 Å². The smallest absolute Gasteiger partial charge is 0.324 e. The zero-order chi connectivity index (χ0) is 11.6. The van der Waals surface area contributed by atoms with Gasteiger partial charge in [0.05, 0.1) is 0 Å². The summed E-state index contributed by atoms with van der Waals surface area (Å²) in [7, 11) is 0. The summed E-state index contributed by atoms with van der Waals surface area (Å²) >= 11 is 3.23. The SMILES string of the molecule is O=C(O)C1(Br)C=CC(c2ccccc2)=CC1. The topological polar surface area (TPSA) is 37.3 Å². The molecule has 0 heterocycles. The Balaban J connectivity index is 2.23. The minimum absolute atomic E-state index is 0.461. The Morgan fingerprint density at radius 2 is 2.00 bits per heavy atom. The molecule has 2 rings (SSSR count). The standard InChI is InChI=1S/C13H11BrO2/c14-13(12(15)16)8-6-11(7-9-13)10-4-2-1-3-5-10/h1-8H,9H2,(H,15,16). The average Bonchev–Trinajstić information content (AvgIpc) is 2.31. The zero-order valence-electron chi connectivity index (χ0n) is 8.56. The van der Waals surface area contributed by atoms with Crippen LogP contribution in [0.4, 0.5) is 0 Å². The van der Waals surface area contributed by atoms with Crippen molar-refractivity contribution in [2.75, 3.05) is 0 Å². The predicted molar refractivity (Wildman–Crippen MR) is 67.5 cm³/mol. The Morgan fingerprint density at radius 3 is 2.50 bits per heavy atom. The van der Waals surface area contributed by atoms with E-state index in [1.54, 1.807) is 6.08 Å². The lowest BCUT2D eigenvalue weighted by Gasteiger charge is -2.21. The van der Waals surface area contributed by atoms with Crippen molar-refractivity contribution in [2.45, 2.75) is 10.7 Å². The number of alkyl halides is 1. The first kappa shape index (κ1) is 11.1. The average molecular weight is 279 g/mol. The molecule has 0 aromatic heterocycles. The summed E-state index contributed by atoms with van der Waals surface area (Å²) in [6.07, 6.45) is 5.95. The van der Waals surface area contributed by atoms with Gasteiger partial charge in [-0.15, -0.1) is 0 Å². The lowest BCUT2D eigenvalue weighted by atomic mass is 9.93. The van der Waals surface area contributed by atoms with Crippen molar-refractivity contribution in [1.29, 1.82) is 0 Å². The molecular weight excluding hydrogens is 268 g/mol. The molecule has 0 fully saturated rings. The number of halogens is 1. The normalized spacial score (nSPS) is 23.9. The van der Waals surface area contributed by atoms with Gasteiger partial charge in [-0.05, 0) is 17.6 Å². The van der Waals surface area contributed by atoms with Gasteiger partial charge in [0.2, 0.25) is 0 Å². The molecule has 1 N–H and O–H groups in total. The monoisotopic (exact) mass is 278 g/mol. The Kier molecular flexibility index (Phi) is 2.97. The second kappa shape index (κ2) is 4.26. The third-order valence-electron chi connectivity index (χ3n) is 2.61. The van der Waals surface area contributed by atoms with E-state index in [-0.39, 0.29) is 0 Å². The van der Waals surface area contributed by atoms with E-state index >= 15 is 0 Å². The third kappa shape index (κ3) is 2.09. The molecule has 1 atom stereocenters.